The summed E-state index contributed by atoms with van der Waals surface area (Å²) in [5.74, 6) is 1.71. The van der Waals surface area contributed by atoms with Crippen molar-refractivity contribution in [3.63, 3.8) is 0 Å². The first-order valence-corrected chi connectivity index (χ1v) is 9.47. The van der Waals surface area contributed by atoms with Crippen LogP contribution < -0.4 is 15.0 Å². The summed E-state index contributed by atoms with van der Waals surface area (Å²) in [7, 11) is 0. The van der Waals surface area contributed by atoms with Crippen LogP contribution in [0.25, 0.3) is 10.9 Å². The zero-order chi connectivity index (χ0) is 19.3. The van der Waals surface area contributed by atoms with E-state index in [9.17, 15) is 4.79 Å². The first-order chi connectivity index (χ1) is 13.5. The third-order valence-corrected chi connectivity index (χ3v) is 5.39. The number of pyridine rings is 1. The van der Waals surface area contributed by atoms with Gasteiger partial charge in [-0.25, -0.2) is 15.0 Å². The second kappa shape index (κ2) is 6.15. The molecule has 28 heavy (non-hydrogen) atoms. The van der Waals surface area contributed by atoms with Crippen molar-refractivity contribution in [2.24, 2.45) is 0 Å². The van der Waals surface area contributed by atoms with Crippen molar-refractivity contribution in [2.45, 2.75) is 44.4 Å². The van der Waals surface area contributed by atoms with Crippen molar-refractivity contribution >= 4 is 28.4 Å². The topological polar surface area (TPSA) is 80.2 Å². The molecule has 3 aromatic rings. The van der Waals surface area contributed by atoms with Gasteiger partial charge in [-0.1, -0.05) is 18.2 Å². The average molecular weight is 375 g/mol. The number of nitrogens with zero attached hydrogens (tertiary/aromatic N) is 4. The predicted octanol–water partition coefficient (Wildman–Crippen LogP) is 3.17. The van der Waals surface area contributed by atoms with Crippen molar-refractivity contribution in [2.75, 3.05) is 10.2 Å². The number of carbonyl (C=O) groups is 1. The number of nitrogens with one attached hydrogen (secondary N) is 1. The molecule has 5 rings (SSSR count). The fourth-order valence-corrected chi connectivity index (χ4v) is 3.84. The first-order valence-electron chi connectivity index (χ1n) is 9.47. The molecule has 142 valence electrons. The van der Waals surface area contributed by atoms with Crippen LogP contribution in [0.15, 0.2) is 48.8 Å². The van der Waals surface area contributed by atoms with Gasteiger partial charge < -0.3 is 10.1 Å². The highest BCUT2D eigenvalue weighted by molar-refractivity contribution is 6.01. The number of aromatic nitrogens is 3. The number of para-hydroxylation sites is 1. The molecule has 2 aromatic heterocycles. The molecule has 0 radical (unpaired) electrons. The number of benzene rings is 1. The Morgan fingerprint density at radius 3 is 2.75 bits per heavy atom. The van der Waals surface area contributed by atoms with Gasteiger partial charge in [0, 0.05) is 29.9 Å². The molecule has 1 amide bonds. The second-order valence-electron chi connectivity index (χ2n) is 7.83. The van der Waals surface area contributed by atoms with Crippen LogP contribution in [0.5, 0.6) is 5.88 Å². The van der Waals surface area contributed by atoms with Crippen LogP contribution >= 0.6 is 0 Å². The molecule has 1 aromatic carbocycles. The maximum atomic E-state index is 13.0. The summed E-state index contributed by atoms with van der Waals surface area (Å²) in [5, 5.41) is 4.60. The Hall–Kier alpha value is -3.22. The van der Waals surface area contributed by atoms with Gasteiger partial charge in [0.1, 0.15) is 5.82 Å². The predicted molar refractivity (Wildman–Crippen MR) is 106 cm³/mol. The molecule has 0 unspecified atom stereocenters. The van der Waals surface area contributed by atoms with Crippen molar-refractivity contribution in [1.29, 1.82) is 0 Å². The quantitative estimate of drug-likeness (QED) is 0.757. The molecule has 1 aliphatic heterocycles. The van der Waals surface area contributed by atoms with E-state index < -0.39 is 5.60 Å². The normalized spacial score (nSPS) is 22.9. The molecule has 1 N–H and O–H groups in total. The number of fused-ring (bicyclic) bond motifs is 2. The Morgan fingerprint density at radius 1 is 1.11 bits per heavy atom. The molecule has 7 nitrogen and oxygen atoms in total. The lowest BCUT2D eigenvalue weighted by molar-refractivity contribution is -0.134. The van der Waals surface area contributed by atoms with Gasteiger partial charge in [0.15, 0.2) is 11.4 Å². The van der Waals surface area contributed by atoms with Crippen LogP contribution in [0, 0.1) is 0 Å². The molecule has 0 saturated heterocycles. The third-order valence-electron chi connectivity index (χ3n) is 5.39. The Morgan fingerprint density at radius 2 is 1.89 bits per heavy atom. The summed E-state index contributed by atoms with van der Waals surface area (Å²) in [6.45, 7) is 3.54. The molecule has 2 aliphatic rings. The number of anilines is 2. The van der Waals surface area contributed by atoms with Gasteiger partial charge in [0.05, 0.1) is 5.52 Å². The van der Waals surface area contributed by atoms with Gasteiger partial charge in [-0.05, 0) is 44.9 Å². The minimum Gasteiger partial charge on any atom is -0.459 e. The molecule has 1 saturated carbocycles. The van der Waals surface area contributed by atoms with Gasteiger partial charge in [-0.15, -0.1) is 0 Å². The summed E-state index contributed by atoms with van der Waals surface area (Å²) < 4.78 is 5.75. The van der Waals surface area contributed by atoms with Gasteiger partial charge in [-0.3, -0.25) is 9.69 Å². The highest BCUT2D eigenvalue weighted by atomic mass is 16.5. The maximum absolute atomic E-state index is 13.0. The van der Waals surface area contributed by atoms with E-state index in [1.165, 1.54) is 0 Å². The molecule has 0 atom stereocenters. The zero-order valence-electron chi connectivity index (χ0n) is 15.8. The Bertz CT molecular complexity index is 1060. The van der Waals surface area contributed by atoms with E-state index in [-0.39, 0.29) is 18.0 Å². The molecule has 1 fully saturated rings. The van der Waals surface area contributed by atoms with Crippen LogP contribution in [-0.2, 0) is 4.79 Å². The Labute approximate surface area is 162 Å². The summed E-state index contributed by atoms with van der Waals surface area (Å²) in [6.07, 6.45) is 4.83. The second-order valence-corrected chi connectivity index (χ2v) is 7.83. The Kier molecular flexibility index (Phi) is 3.72. The first kappa shape index (κ1) is 16.9. The molecule has 0 bridgehead atoms. The molecule has 3 heterocycles. The summed E-state index contributed by atoms with van der Waals surface area (Å²) in [4.78, 5) is 28.0. The standard InChI is InChI=1S/C21H21N5O2/c1-21(2)20(27)26(18-19(28-21)23-10-9-22-18)15-11-14(12-15)24-17-8-7-13-5-3-4-6-16(13)25-17/h3-10,14-15H,11-12H2,1-2H3,(H,24,25). The Balaban J connectivity index is 1.32. The molecule has 1 aliphatic carbocycles. The minimum atomic E-state index is -0.943. The molecular formula is C21H21N5O2. The number of hydrogen-bond acceptors (Lipinski definition) is 6. The van der Waals surface area contributed by atoms with E-state index in [0.29, 0.717) is 11.7 Å². The van der Waals surface area contributed by atoms with E-state index in [1.807, 2.05) is 24.3 Å². The van der Waals surface area contributed by atoms with E-state index in [1.54, 1.807) is 31.1 Å². The smallest absolute Gasteiger partial charge is 0.272 e. The third kappa shape index (κ3) is 2.74. The maximum Gasteiger partial charge on any atom is 0.272 e. The lowest BCUT2D eigenvalue weighted by Gasteiger charge is -2.47. The van der Waals surface area contributed by atoms with Crippen molar-refractivity contribution < 1.29 is 9.53 Å². The van der Waals surface area contributed by atoms with Gasteiger partial charge in [-0.2, -0.15) is 0 Å². The number of ether oxygens (including phenoxy) is 1. The number of rotatable bonds is 3. The van der Waals surface area contributed by atoms with Gasteiger partial charge >= 0.3 is 0 Å². The largest absolute Gasteiger partial charge is 0.459 e. The lowest BCUT2D eigenvalue weighted by Crippen LogP contribution is -2.61. The fraction of sp³-hybridized carbons (Fsp3) is 0.333. The van der Waals surface area contributed by atoms with Crippen LogP contribution in [-0.4, -0.2) is 38.5 Å². The zero-order valence-corrected chi connectivity index (χ0v) is 15.8. The van der Waals surface area contributed by atoms with Crippen LogP contribution in [0.4, 0.5) is 11.6 Å². The highest BCUT2D eigenvalue weighted by Gasteiger charge is 2.48. The summed E-state index contributed by atoms with van der Waals surface area (Å²) in [6, 6.07) is 12.5. The van der Waals surface area contributed by atoms with E-state index in [0.717, 1.165) is 29.6 Å². The molecule has 0 spiro atoms. The van der Waals surface area contributed by atoms with Gasteiger partial charge in [0.25, 0.3) is 11.8 Å². The monoisotopic (exact) mass is 375 g/mol. The van der Waals surface area contributed by atoms with Crippen LogP contribution in [0.2, 0.25) is 0 Å². The number of hydrogen-bond donors (Lipinski definition) is 1. The van der Waals surface area contributed by atoms with Crippen molar-refractivity contribution in [1.82, 2.24) is 15.0 Å². The summed E-state index contributed by atoms with van der Waals surface area (Å²) in [5.41, 5.74) is 0.0271. The number of amides is 1. The van der Waals surface area contributed by atoms with Crippen molar-refractivity contribution in [3.8, 4) is 5.88 Å². The van der Waals surface area contributed by atoms with E-state index >= 15 is 0 Å². The van der Waals surface area contributed by atoms with E-state index in [2.05, 4.69) is 32.4 Å². The van der Waals surface area contributed by atoms with E-state index in [4.69, 9.17) is 4.74 Å². The van der Waals surface area contributed by atoms with Gasteiger partial charge in [0.2, 0.25) is 0 Å². The molecular weight excluding hydrogens is 354 g/mol. The number of carbonyl (C=O) groups excluding carboxylic acids is 1. The highest BCUT2D eigenvalue weighted by Crippen LogP contribution is 2.40. The van der Waals surface area contributed by atoms with Crippen LogP contribution in [0.3, 0.4) is 0 Å². The lowest BCUT2D eigenvalue weighted by atomic mass is 9.84. The average Bonchev–Trinajstić information content (AvgIpc) is 2.66. The van der Waals surface area contributed by atoms with Crippen LogP contribution in [0.1, 0.15) is 26.7 Å². The fourth-order valence-electron chi connectivity index (χ4n) is 3.84. The minimum absolute atomic E-state index is 0.0732. The SMILES string of the molecule is CC1(C)Oc2nccnc2N(C2CC(Nc3ccc4ccccc4n3)C2)C1=O. The van der Waals surface area contributed by atoms with Crippen molar-refractivity contribution in [3.05, 3.63) is 48.8 Å². The molecule has 7 heteroatoms. The summed E-state index contributed by atoms with van der Waals surface area (Å²) >= 11 is 0.